The molecular weight excluding hydrogens is 701 g/mol. The van der Waals surface area contributed by atoms with E-state index in [-0.39, 0.29) is 11.9 Å². The highest BCUT2D eigenvalue weighted by molar-refractivity contribution is 7.99. The van der Waals surface area contributed by atoms with Gasteiger partial charge in [-0.3, -0.25) is 9.59 Å². The fourth-order valence-corrected chi connectivity index (χ4v) is 9.34. The van der Waals surface area contributed by atoms with Crippen LogP contribution in [0.5, 0.6) is 11.5 Å². The van der Waals surface area contributed by atoms with Crippen molar-refractivity contribution in [3.8, 4) is 11.5 Å². The van der Waals surface area contributed by atoms with Crippen LogP contribution in [0.15, 0.2) is 40.1 Å². The smallest absolute Gasteiger partial charge is 0.312 e. The van der Waals surface area contributed by atoms with Crippen LogP contribution in [-0.2, 0) is 9.59 Å². The molecule has 0 amide bonds. The molecule has 0 aliphatic heterocycles. The van der Waals surface area contributed by atoms with E-state index in [4.69, 9.17) is 9.47 Å². The van der Waals surface area contributed by atoms with E-state index in [2.05, 4.69) is 32.9 Å². The standard InChI is InChI=1S/C45H72O4S3/c1-6-8-10-12-14-16-18-20-22-24-30-50-32-28-43(46)48-40-27-26-37(3)35-41(40)52-42-36-38(4)34-39(5)45(42)49-44(47)29-33-51-31-25-23-21-19-17-15-13-11-9-7-2/h26-27,34-36H,6-25,28-33H2,1-5H3. The van der Waals surface area contributed by atoms with Crippen molar-refractivity contribution in [1.82, 2.24) is 0 Å². The van der Waals surface area contributed by atoms with Gasteiger partial charge in [-0.15, -0.1) is 0 Å². The molecule has 0 unspecified atom stereocenters. The summed E-state index contributed by atoms with van der Waals surface area (Å²) >= 11 is 5.20. The topological polar surface area (TPSA) is 52.6 Å². The zero-order chi connectivity index (χ0) is 37.7. The second-order valence-corrected chi connectivity index (χ2v) is 18.0. The highest BCUT2D eigenvalue weighted by Crippen LogP contribution is 2.42. The van der Waals surface area contributed by atoms with Crippen molar-refractivity contribution < 1.29 is 19.1 Å². The maximum Gasteiger partial charge on any atom is 0.312 e. The maximum atomic E-state index is 13.0. The number of benzene rings is 2. The summed E-state index contributed by atoms with van der Waals surface area (Å²) < 4.78 is 11.9. The Labute approximate surface area is 331 Å². The molecule has 0 heterocycles. The summed E-state index contributed by atoms with van der Waals surface area (Å²) in [7, 11) is 0. The third-order valence-corrected chi connectivity index (χ3v) is 12.5. The van der Waals surface area contributed by atoms with Gasteiger partial charge in [0.25, 0.3) is 0 Å². The number of unbranched alkanes of at least 4 members (excludes halogenated alkanes) is 18. The maximum absolute atomic E-state index is 13.0. The van der Waals surface area contributed by atoms with Gasteiger partial charge in [0.05, 0.1) is 22.6 Å². The first kappa shape index (κ1) is 46.6. The molecule has 0 fully saturated rings. The molecule has 0 saturated heterocycles. The number of hydrogen-bond acceptors (Lipinski definition) is 7. The molecule has 2 aromatic rings. The SMILES string of the molecule is CCCCCCCCCCCCSCCC(=O)Oc1ccc(C)cc1Sc1cc(C)cc(C)c1OC(=O)CCSCCCCCCCCCCCC. The summed E-state index contributed by atoms with van der Waals surface area (Å²) in [4.78, 5) is 27.6. The Morgan fingerprint density at radius 1 is 0.500 bits per heavy atom. The minimum atomic E-state index is -0.205. The summed E-state index contributed by atoms with van der Waals surface area (Å²) in [5.74, 6) is 4.50. The summed E-state index contributed by atoms with van der Waals surface area (Å²) in [5, 5.41) is 0. The summed E-state index contributed by atoms with van der Waals surface area (Å²) in [6, 6.07) is 10.0. The number of aryl methyl sites for hydroxylation is 3. The second kappa shape index (κ2) is 30.7. The van der Waals surface area contributed by atoms with Crippen LogP contribution in [0, 0.1) is 20.8 Å². The van der Waals surface area contributed by atoms with Crippen LogP contribution in [-0.4, -0.2) is 35.0 Å². The molecule has 0 aromatic heterocycles. The van der Waals surface area contributed by atoms with Gasteiger partial charge in [0, 0.05) is 11.5 Å². The lowest BCUT2D eigenvalue weighted by Gasteiger charge is -2.16. The number of carbonyl (C=O) groups excluding carboxylic acids is 2. The van der Waals surface area contributed by atoms with Gasteiger partial charge in [-0.25, -0.2) is 0 Å². The number of thioether (sulfide) groups is 2. The van der Waals surface area contributed by atoms with Gasteiger partial charge in [-0.2, -0.15) is 23.5 Å². The van der Waals surface area contributed by atoms with Crippen molar-refractivity contribution in [2.45, 2.75) is 186 Å². The Morgan fingerprint density at radius 2 is 0.942 bits per heavy atom. The fraction of sp³-hybridized carbons (Fsp3) is 0.689. The van der Waals surface area contributed by atoms with Crippen molar-refractivity contribution in [3.05, 3.63) is 47.0 Å². The number of carbonyl (C=O) groups is 2. The number of esters is 2. The molecule has 0 aliphatic rings. The molecule has 0 radical (unpaired) electrons. The first-order chi connectivity index (χ1) is 25.3. The van der Waals surface area contributed by atoms with Crippen LogP contribution >= 0.6 is 35.3 Å². The van der Waals surface area contributed by atoms with E-state index in [1.807, 2.05) is 55.6 Å². The molecule has 7 heteroatoms. The quantitative estimate of drug-likeness (QED) is 0.0417. The first-order valence-electron chi connectivity index (χ1n) is 20.8. The zero-order valence-electron chi connectivity index (χ0n) is 33.6. The van der Waals surface area contributed by atoms with Gasteiger partial charge in [0.2, 0.25) is 0 Å². The largest absolute Gasteiger partial charge is 0.425 e. The Morgan fingerprint density at radius 3 is 1.44 bits per heavy atom. The van der Waals surface area contributed by atoms with E-state index in [1.165, 1.54) is 140 Å². The number of rotatable bonds is 32. The van der Waals surface area contributed by atoms with Crippen LogP contribution < -0.4 is 9.47 Å². The highest BCUT2D eigenvalue weighted by Gasteiger charge is 2.18. The molecule has 294 valence electrons. The Hall–Kier alpha value is -1.57. The predicted molar refractivity (Wildman–Crippen MR) is 230 cm³/mol. The number of ether oxygens (including phenoxy) is 2. The molecule has 52 heavy (non-hydrogen) atoms. The summed E-state index contributed by atoms with van der Waals surface area (Å²) in [6.07, 6.45) is 27.6. The van der Waals surface area contributed by atoms with Crippen molar-refractivity contribution in [1.29, 1.82) is 0 Å². The molecule has 0 aliphatic carbocycles. The Balaban J connectivity index is 1.75. The lowest BCUT2D eigenvalue weighted by Crippen LogP contribution is -2.11. The lowest BCUT2D eigenvalue weighted by atomic mass is 10.1. The van der Waals surface area contributed by atoms with Gasteiger partial charge in [0.1, 0.15) is 11.5 Å². The molecule has 0 saturated carbocycles. The van der Waals surface area contributed by atoms with Crippen LogP contribution in [0.4, 0.5) is 0 Å². The third kappa shape index (κ3) is 22.6. The average Bonchev–Trinajstić information content (AvgIpc) is 3.11. The molecule has 0 N–H and O–H groups in total. The zero-order valence-corrected chi connectivity index (χ0v) is 36.1. The summed E-state index contributed by atoms with van der Waals surface area (Å²) in [6.45, 7) is 10.6. The van der Waals surface area contributed by atoms with Gasteiger partial charge in [-0.05, 0) is 80.0 Å². The van der Waals surface area contributed by atoms with E-state index in [0.717, 1.165) is 49.5 Å². The molecule has 0 atom stereocenters. The van der Waals surface area contributed by atoms with E-state index >= 15 is 0 Å². The van der Waals surface area contributed by atoms with Gasteiger partial charge >= 0.3 is 11.9 Å². The molecule has 0 bridgehead atoms. The van der Waals surface area contributed by atoms with E-state index < -0.39 is 0 Å². The fourth-order valence-electron chi connectivity index (χ4n) is 6.26. The molecule has 2 aromatic carbocycles. The van der Waals surface area contributed by atoms with Crippen molar-refractivity contribution >= 4 is 47.2 Å². The Bertz CT molecular complexity index is 1250. The van der Waals surface area contributed by atoms with Crippen LogP contribution in [0.3, 0.4) is 0 Å². The normalized spacial score (nSPS) is 11.2. The Kier molecular flexibility index (Phi) is 27.5. The van der Waals surface area contributed by atoms with Gasteiger partial charge < -0.3 is 9.47 Å². The predicted octanol–water partition coefficient (Wildman–Crippen LogP) is 14.7. The molecular formula is C45H72O4S3. The first-order valence-corrected chi connectivity index (χ1v) is 23.9. The van der Waals surface area contributed by atoms with Crippen LogP contribution in [0.25, 0.3) is 0 Å². The number of hydrogen-bond donors (Lipinski definition) is 0. The van der Waals surface area contributed by atoms with Crippen molar-refractivity contribution in [2.75, 3.05) is 23.0 Å². The lowest BCUT2D eigenvalue weighted by molar-refractivity contribution is -0.135. The van der Waals surface area contributed by atoms with Crippen molar-refractivity contribution in [2.24, 2.45) is 0 Å². The average molecular weight is 773 g/mol. The van der Waals surface area contributed by atoms with E-state index in [0.29, 0.717) is 24.3 Å². The van der Waals surface area contributed by atoms with E-state index in [9.17, 15) is 9.59 Å². The molecule has 0 spiro atoms. The second-order valence-electron chi connectivity index (χ2n) is 14.5. The summed E-state index contributed by atoms with van der Waals surface area (Å²) in [5.41, 5.74) is 3.11. The van der Waals surface area contributed by atoms with Gasteiger partial charge in [-0.1, -0.05) is 153 Å². The van der Waals surface area contributed by atoms with Crippen molar-refractivity contribution in [3.63, 3.8) is 0 Å². The van der Waals surface area contributed by atoms with E-state index in [1.54, 1.807) is 0 Å². The minimum absolute atomic E-state index is 0.199. The molecule has 4 nitrogen and oxygen atoms in total. The van der Waals surface area contributed by atoms with Crippen LogP contribution in [0.1, 0.15) is 172 Å². The minimum Gasteiger partial charge on any atom is -0.425 e. The van der Waals surface area contributed by atoms with Crippen LogP contribution in [0.2, 0.25) is 0 Å². The van der Waals surface area contributed by atoms with Gasteiger partial charge in [0.15, 0.2) is 0 Å². The highest BCUT2D eigenvalue weighted by atomic mass is 32.2. The molecule has 2 rings (SSSR count). The monoisotopic (exact) mass is 772 g/mol. The third-order valence-electron chi connectivity index (χ3n) is 9.33.